The van der Waals surface area contributed by atoms with Gasteiger partial charge >= 0.3 is 0 Å². The van der Waals surface area contributed by atoms with Crippen LogP contribution in [0.25, 0.3) is 0 Å². The molecule has 2 aromatic rings. The fourth-order valence-electron chi connectivity index (χ4n) is 2.70. The van der Waals surface area contributed by atoms with Crippen molar-refractivity contribution in [1.82, 2.24) is 4.90 Å². The van der Waals surface area contributed by atoms with Crippen molar-refractivity contribution in [3.63, 3.8) is 0 Å². The second kappa shape index (κ2) is 8.47. The number of benzene rings is 2. The summed E-state index contributed by atoms with van der Waals surface area (Å²) >= 11 is 3.40. The Balaban J connectivity index is 1.69. The number of halogens is 1. The molecule has 0 bridgehead atoms. The van der Waals surface area contributed by atoms with E-state index in [9.17, 15) is 5.11 Å². The first kappa shape index (κ1) is 17.9. The van der Waals surface area contributed by atoms with Gasteiger partial charge < -0.3 is 14.6 Å². The Morgan fingerprint density at radius 1 is 1.24 bits per heavy atom. The van der Waals surface area contributed by atoms with Crippen molar-refractivity contribution in [1.29, 1.82) is 0 Å². The maximum absolute atomic E-state index is 10.2. The lowest BCUT2D eigenvalue weighted by Gasteiger charge is -2.26. The first-order valence-corrected chi connectivity index (χ1v) is 8.94. The van der Waals surface area contributed by atoms with Gasteiger partial charge in [0.2, 0.25) is 0 Å². The van der Waals surface area contributed by atoms with E-state index in [-0.39, 0.29) is 5.75 Å². The summed E-state index contributed by atoms with van der Waals surface area (Å²) in [6.07, 6.45) is 1.64. The number of hydrogen-bond acceptors (Lipinski definition) is 5. The zero-order chi connectivity index (χ0) is 17.6. The Morgan fingerprint density at radius 3 is 2.64 bits per heavy atom. The largest absolute Gasteiger partial charge is 0.504 e. The fraction of sp³-hybridized carbons (Fsp3) is 0.316. The molecule has 25 heavy (non-hydrogen) atoms. The van der Waals surface area contributed by atoms with Gasteiger partial charge in [0.25, 0.3) is 0 Å². The summed E-state index contributed by atoms with van der Waals surface area (Å²) in [4.78, 5) is 6.83. The van der Waals surface area contributed by atoms with Crippen LogP contribution in [0.5, 0.6) is 11.5 Å². The maximum atomic E-state index is 10.2. The van der Waals surface area contributed by atoms with E-state index in [0.717, 1.165) is 43.0 Å². The molecule has 1 aliphatic rings. The molecular weight excluding hydrogens is 384 g/mol. The number of nitrogens with zero attached hydrogens (tertiary/aromatic N) is 2. The molecule has 3 rings (SSSR count). The standard InChI is InChI=1S/C19H21BrN2O3/c1-24-18-11-16(20)10-15(19(18)23)12-21-17-4-2-14(3-5-17)13-22-6-8-25-9-7-22/h2-5,10-12,23H,6-9,13H2,1H3. The summed E-state index contributed by atoms with van der Waals surface area (Å²) < 4.78 is 11.3. The summed E-state index contributed by atoms with van der Waals surface area (Å²) in [6.45, 7) is 4.49. The van der Waals surface area contributed by atoms with Crippen molar-refractivity contribution < 1.29 is 14.6 Å². The molecule has 0 aromatic heterocycles. The zero-order valence-electron chi connectivity index (χ0n) is 14.1. The molecule has 0 spiro atoms. The quantitative estimate of drug-likeness (QED) is 0.770. The summed E-state index contributed by atoms with van der Waals surface area (Å²) in [7, 11) is 1.52. The number of ether oxygens (including phenoxy) is 2. The van der Waals surface area contributed by atoms with Crippen LogP contribution in [-0.4, -0.2) is 49.6 Å². The van der Waals surface area contributed by atoms with Crippen molar-refractivity contribution in [2.24, 2.45) is 4.99 Å². The molecule has 132 valence electrons. The van der Waals surface area contributed by atoms with E-state index in [0.29, 0.717) is 11.3 Å². The van der Waals surface area contributed by atoms with Crippen LogP contribution < -0.4 is 4.74 Å². The molecule has 0 unspecified atom stereocenters. The summed E-state index contributed by atoms with van der Waals surface area (Å²) in [5.41, 5.74) is 2.69. The van der Waals surface area contributed by atoms with E-state index in [1.165, 1.54) is 12.7 Å². The van der Waals surface area contributed by atoms with Crippen LogP contribution in [-0.2, 0) is 11.3 Å². The number of aromatic hydroxyl groups is 1. The van der Waals surface area contributed by atoms with Gasteiger partial charge in [-0.3, -0.25) is 9.89 Å². The number of rotatable bonds is 5. The predicted octanol–water partition coefficient (Wildman–Crippen LogP) is 3.75. The molecule has 1 heterocycles. The Morgan fingerprint density at radius 2 is 1.96 bits per heavy atom. The number of aliphatic imine (C=N–C) groups is 1. The molecule has 2 aromatic carbocycles. The van der Waals surface area contributed by atoms with Crippen LogP contribution >= 0.6 is 15.9 Å². The molecule has 0 amide bonds. The normalized spacial score (nSPS) is 15.6. The lowest BCUT2D eigenvalue weighted by molar-refractivity contribution is 0.0342. The smallest absolute Gasteiger partial charge is 0.166 e. The van der Waals surface area contributed by atoms with Crippen LogP contribution in [0.3, 0.4) is 0 Å². The van der Waals surface area contributed by atoms with Crippen LogP contribution in [0.4, 0.5) is 5.69 Å². The molecule has 1 fully saturated rings. The number of morpholine rings is 1. The summed E-state index contributed by atoms with van der Waals surface area (Å²) in [5.74, 6) is 0.495. The van der Waals surface area contributed by atoms with E-state index >= 15 is 0 Å². The number of phenolic OH excluding ortho intramolecular Hbond substituents is 1. The molecule has 1 N–H and O–H groups in total. The van der Waals surface area contributed by atoms with Crippen LogP contribution in [0.15, 0.2) is 45.9 Å². The first-order valence-electron chi connectivity index (χ1n) is 8.15. The monoisotopic (exact) mass is 404 g/mol. The van der Waals surface area contributed by atoms with E-state index in [1.807, 2.05) is 12.1 Å². The van der Waals surface area contributed by atoms with E-state index in [4.69, 9.17) is 9.47 Å². The summed E-state index contributed by atoms with van der Waals surface area (Å²) in [6, 6.07) is 11.7. The zero-order valence-corrected chi connectivity index (χ0v) is 15.7. The van der Waals surface area contributed by atoms with E-state index in [1.54, 1.807) is 18.3 Å². The maximum Gasteiger partial charge on any atom is 0.166 e. The average molecular weight is 405 g/mol. The van der Waals surface area contributed by atoms with Crippen LogP contribution in [0.2, 0.25) is 0 Å². The Bertz CT molecular complexity index is 741. The number of hydrogen-bond donors (Lipinski definition) is 1. The highest BCUT2D eigenvalue weighted by Crippen LogP contribution is 2.32. The highest BCUT2D eigenvalue weighted by molar-refractivity contribution is 9.10. The van der Waals surface area contributed by atoms with Crippen molar-refractivity contribution in [3.05, 3.63) is 52.0 Å². The van der Waals surface area contributed by atoms with Crippen molar-refractivity contribution in [2.75, 3.05) is 33.4 Å². The third-order valence-corrected chi connectivity index (χ3v) is 4.55. The second-order valence-electron chi connectivity index (χ2n) is 5.86. The Labute approximate surface area is 156 Å². The highest BCUT2D eigenvalue weighted by atomic mass is 79.9. The number of phenols is 1. The first-order chi connectivity index (χ1) is 12.2. The molecule has 1 aliphatic heterocycles. The van der Waals surface area contributed by atoms with Gasteiger partial charge in [0.1, 0.15) is 0 Å². The average Bonchev–Trinajstić information content (AvgIpc) is 2.64. The van der Waals surface area contributed by atoms with Gasteiger partial charge in [0.15, 0.2) is 11.5 Å². The highest BCUT2D eigenvalue weighted by Gasteiger charge is 2.10. The second-order valence-corrected chi connectivity index (χ2v) is 6.77. The van der Waals surface area contributed by atoms with E-state index < -0.39 is 0 Å². The van der Waals surface area contributed by atoms with Gasteiger partial charge in [-0.2, -0.15) is 0 Å². The van der Waals surface area contributed by atoms with Crippen LogP contribution in [0, 0.1) is 0 Å². The third kappa shape index (κ3) is 4.81. The van der Waals surface area contributed by atoms with Crippen molar-refractivity contribution >= 4 is 27.8 Å². The fourth-order valence-corrected chi connectivity index (χ4v) is 3.15. The molecule has 5 nitrogen and oxygen atoms in total. The molecular formula is C19H21BrN2O3. The van der Waals surface area contributed by atoms with Crippen molar-refractivity contribution in [2.45, 2.75) is 6.54 Å². The molecule has 0 atom stereocenters. The molecule has 0 aliphatic carbocycles. The van der Waals surface area contributed by atoms with Crippen molar-refractivity contribution in [3.8, 4) is 11.5 Å². The third-order valence-electron chi connectivity index (χ3n) is 4.09. The lowest BCUT2D eigenvalue weighted by Crippen LogP contribution is -2.35. The molecule has 1 saturated heterocycles. The topological polar surface area (TPSA) is 54.3 Å². The molecule has 6 heteroatoms. The van der Waals surface area contributed by atoms with E-state index in [2.05, 4.69) is 38.0 Å². The molecule has 0 saturated carbocycles. The van der Waals surface area contributed by atoms with Gasteiger partial charge in [0, 0.05) is 35.9 Å². The van der Waals surface area contributed by atoms with Gasteiger partial charge in [-0.25, -0.2) is 0 Å². The van der Waals surface area contributed by atoms with Gasteiger partial charge in [-0.05, 0) is 29.8 Å². The number of methoxy groups -OCH3 is 1. The summed E-state index contributed by atoms with van der Waals surface area (Å²) in [5, 5.41) is 10.2. The lowest BCUT2D eigenvalue weighted by atomic mass is 10.2. The van der Waals surface area contributed by atoms with Gasteiger partial charge in [-0.15, -0.1) is 0 Å². The SMILES string of the molecule is COc1cc(Br)cc(C=Nc2ccc(CN3CCOCC3)cc2)c1O. The minimum absolute atomic E-state index is 0.0818. The van der Waals surface area contributed by atoms with Crippen LogP contribution in [0.1, 0.15) is 11.1 Å². The van der Waals surface area contributed by atoms with Gasteiger partial charge in [-0.1, -0.05) is 28.1 Å². The Hall–Kier alpha value is -1.89. The Kier molecular flexibility index (Phi) is 6.07. The van der Waals surface area contributed by atoms with Gasteiger partial charge in [0.05, 0.1) is 26.0 Å². The molecule has 0 radical (unpaired) electrons. The minimum atomic E-state index is 0.0818. The minimum Gasteiger partial charge on any atom is -0.504 e. The predicted molar refractivity (Wildman–Crippen MR) is 102 cm³/mol.